The van der Waals surface area contributed by atoms with Crippen LogP contribution >= 0.6 is 15.9 Å². The fourth-order valence-electron chi connectivity index (χ4n) is 0.839. The Hall–Kier alpha value is -0.950. The van der Waals surface area contributed by atoms with Gasteiger partial charge >= 0.3 is 0 Å². The molecule has 62 valence electrons. The van der Waals surface area contributed by atoms with Gasteiger partial charge in [-0.25, -0.2) is 8.78 Å². The zero-order chi connectivity index (χ0) is 9.14. The Kier molecular flexibility index (Phi) is 2.77. The minimum atomic E-state index is -0.728. The molecule has 0 aliphatic rings. The minimum absolute atomic E-state index is 0.0318. The summed E-state index contributed by atoms with van der Waals surface area (Å²) in [6.45, 7) is 0. The summed E-state index contributed by atoms with van der Waals surface area (Å²) in [6, 6.07) is 3.49. The van der Waals surface area contributed by atoms with Crippen LogP contribution in [0.1, 0.15) is 11.1 Å². The number of nitriles is 1. The molecule has 1 aromatic rings. The van der Waals surface area contributed by atoms with Crippen molar-refractivity contribution in [3.05, 3.63) is 34.9 Å². The first-order chi connectivity index (χ1) is 5.69. The first-order valence-electron chi connectivity index (χ1n) is 3.13. The molecule has 0 aromatic heterocycles. The zero-order valence-electron chi connectivity index (χ0n) is 5.94. The third-order valence-corrected chi connectivity index (χ3v) is 1.98. The van der Waals surface area contributed by atoms with Gasteiger partial charge in [0.05, 0.1) is 11.6 Å². The predicted molar refractivity (Wildman–Crippen MR) is 43.7 cm³/mol. The van der Waals surface area contributed by atoms with Gasteiger partial charge in [0, 0.05) is 17.0 Å². The second-order valence-electron chi connectivity index (χ2n) is 2.16. The van der Waals surface area contributed by atoms with Crippen LogP contribution in [0.3, 0.4) is 0 Å². The summed E-state index contributed by atoms with van der Waals surface area (Å²) in [4.78, 5) is 0. The molecule has 4 heteroatoms. The molecule has 1 rings (SSSR count). The lowest BCUT2D eigenvalue weighted by atomic mass is 10.1. The first kappa shape index (κ1) is 9.14. The molecule has 1 aromatic carbocycles. The molecule has 0 aliphatic carbocycles. The molecule has 0 amide bonds. The quantitative estimate of drug-likeness (QED) is 0.683. The Balaban J connectivity index is 3.36. The van der Waals surface area contributed by atoms with Gasteiger partial charge in [0.1, 0.15) is 11.6 Å². The van der Waals surface area contributed by atoms with E-state index in [1.807, 2.05) is 0 Å². The van der Waals surface area contributed by atoms with E-state index in [1.54, 1.807) is 6.07 Å². The van der Waals surface area contributed by atoms with E-state index in [-0.39, 0.29) is 16.5 Å². The van der Waals surface area contributed by atoms with Gasteiger partial charge in [-0.3, -0.25) is 0 Å². The molecule has 12 heavy (non-hydrogen) atoms. The van der Waals surface area contributed by atoms with Crippen molar-refractivity contribution in [2.75, 3.05) is 0 Å². The van der Waals surface area contributed by atoms with Crippen molar-refractivity contribution in [3.63, 3.8) is 0 Å². The van der Waals surface area contributed by atoms with Crippen LogP contribution < -0.4 is 0 Å². The first-order valence-corrected chi connectivity index (χ1v) is 4.25. The van der Waals surface area contributed by atoms with Gasteiger partial charge in [-0.05, 0) is 6.07 Å². The standard InChI is InChI=1S/C8H4BrF2N/c9-3-7-5(4-12)1-6(10)2-8(7)11/h1-2H,3H2. The molecular formula is C8H4BrF2N. The zero-order valence-corrected chi connectivity index (χ0v) is 7.53. The summed E-state index contributed by atoms with van der Waals surface area (Å²) < 4.78 is 25.4. The fraction of sp³-hybridized carbons (Fsp3) is 0.125. The molecular weight excluding hydrogens is 228 g/mol. The monoisotopic (exact) mass is 231 g/mol. The molecule has 0 N–H and O–H groups in total. The highest BCUT2D eigenvalue weighted by Gasteiger charge is 2.08. The van der Waals surface area contributed by atoms with Crippen molar-refractivity contribution < 1.29 is 8.78 Å². The average Bonchev–Trinajstić information content (AvgIpc) is 2.03. The summed E-state index contributed by atoms with van der Waals surface area (Å²) >= 11 is 3.01. The van der Waals surface area contributed by atoms with Crippen molar-refractivity contribution in [3.8, 4) is 6.07 Å². The SMILES string of the molecule is N#Cc1cc(F)cc(F)c1CBr. The van der Waals surface area contributed by atoms with Crippen molar-refractivity contribution >= 4 is 15.9 Å². The highest BCUT2D eigenvalue weighted by Crippen LogP contribution is 2.17. The van der Waals surface area contributed by atoms with Gasteiger partial charge in [-0.15, -0.1) is 0 Å². The molecule has 0 heterocycles. The Morgan fingerprint density at radius 3 is 2.58 bits per heavy atom. The second-order valence-corrected chi connectivity index (χ2v) is 2.72. The number of hydrogen-bond acceptors (Lipinski definition) is 1. The molecule has 0 radical (unpaired) electrons. The molecule has 0 saturated heterocycles. The van der Waals surface area contributed by atoms with Gasteiger partial charge in [0.25, 0.3) is 0 Å². The molecule has 0 unspecified atom stereocenters. The Morgan fingerprint density at radius 1 is 1.42 bits per heavy atom. The van der Waals surface area contributed by atoms with Gasteiger partial charge in [0.15, 0.2) is 0 Å². The van der Waals surface area contributed by atoms with Crippen molar-refractivity contribution in [1.29, 1.82) is 5.26 Å². The summed E-state index contributed by atoms with van der Waals surface area (Å²) in [6.07, 6.45) is 0. The molecule has 0 aliphatic heterocycles. The van der Waals surface area contributed by atoms with Crippen LogP contribution in [0.15, 0.2) is 12.1 Å². The van der Waals surface area contributed by atoms with Gasteiger partial charge in [-0.2, -0.15) is 5.26 Å². The Bertz CT molecular complexity index is 344. The lowest BCUT2D eigenvalue weighted by molar-refractivity contribution is 0.576. The smallest absolute Gasteiger partial charge is 0.131 e. The molecule has 0 saturated carbocycles. The Labute approximate surface area is 76.8 Å². The van der Waals surface area contributed by atoms with Crippen LogP contribution in [0.4, 0.5) is 8.78 Å². The van der Waals surface area contributed by atoms with Crippen molar-refractivity contribution in [2.24, 2.45) is 0 Å². The van der Waals surface area contributed by atoms with Crippen LogP contribution in [0.2, 0.25) is 0 Å². The van der Waals surface area contributed by atoms with E-state index < -0.39 is 11.6 Å². The third kappa shape index (κ3) is 1.62. The van der Waals surface area contributed by atoms with Crippen LogP contribution in [0.25, 0.3) is 0 Å². The molecule has 0 bridgehead atoms. The van der Waals surface area contributed by atoms with E-state index in [9.17, 15) is 8.78 Å². The molecule has 0 atom stereocenters. The molecule has 1 nitrogen and oxygen atoms in total. The number of alkyl halides is 1. The lowest BCUT2D eigenvalue weighted by Gasteiger charge is -2.00. The summed E-state index contributed by atoms with van der Waals surface area (Å²) in [5.41, 5.74) is 0.225. The molecule has 0 spiro atoms. The van der Waals surface area contributed by atoms with E-state index in [2.05, 4.69) is 15.9 Å². The van der Waals surface area contributed by atoms with E-state index in [4.69, 9.17) is 5.26 Å². The van der Waals surface area contributed by atoms with Crippen LogP contribution in [-0.2, 0) is 5.33 Å². The van der Waals surface area contributed by atoms with Crippen LogP contribution in [0, 0.1) is 23.0 Å². The van der Waals surface area contributed by atoms with E-state index in [0.29, 0.717) is 0 Å². The van der Waals surface area contributed by atoms with Gasteiger partial charge in [-0.1, -0.05) is 15.9 Å². The van der Waals surface area contributed by atoms with Crippen molar-refractivity contribution in [2.45, 2.75) is 5.33 Å². The summed E-state index contributed by atoms with van der Waals surface area (Å²) in [5.74, 6) is -1.42. The van der Waals surface area contributed by atoms with Crippen LogP contribution in [0.5, 0.6) is 0 Å². The number of rotatable bonds is 1. The maximum atomic E-state index is 12.9. The number of nitrogens with zero attached hydrogens (tertiary/aromatic N) is 1. The maximum absolute atomic E-state index is 12.9. The fourth-order valence-corrected chi connectivity index (χ4v) is 1.41. The maximum Gasteiger partial charge on any atom is 0.131 e. The largest absolute Gasteiger partial charge is 0.207 e. The summed E-state index contributed by atoms with van der Waals surface area (Å²) in [7, 11) is 0. The average molecular weight is 232 g/mol. The number of halogens is 3. The van der Waals surface area contributed by atoms with Gasteiger partial charge < -0.3 is 0 Å². The third-order valence-electron chi connectivity index (χ3n) is 1.41. The van der Waals surface area contributed by atoms with E-state index >= 15 is 0 Å². The normalized spacial score (nSPS) is 9.50. The lowest BCUT2D eigenvalue weighted by Crippen LogP contribution is -1.93. The highest BCUT2D eigenvalue weighted by atomic mass is 79.9. The van der Waals surface area contributed by atoms with E-state index in [0.717, 1.165) is 12.1 Å². The number of hydrogen-bond donors (Lipinski definition) is 0. The second kappa shape index (κ2) is 3.63. The predicted octanol–water partition coefficient (Wildman–Crippen LogP) is 2.73. The van der Waals surface area contributed by atoms with Gasteiger partial charge in [0.2, 0.25) is 0 Å². The number of benzene rings is 1. The van der Waals surface area contributed by atoms with E-state index in [1.165, 1.54) is 0 Å². The summed E-state index contributed by atoms with van der Waals surface area (Å²) in [5, 5.41) is 8.70. The Morgan fingerprint density at radius 2 is 2.08 bits per heavy atom. The topological polar surface area (TPSA) is 23.8 Å². The van der Waals surface area contributed by atoms with Crippen LogP contribution in [-0.4, -0.2) is 0 Å². The highest BCUT2D eigenvalue weighted by molar-refractivity contribution is 9.08. The van der Waals surface area contributed by atoms with Crippen molar-refractivity contribution in [1.82, 2.24) is 0 Å². The minimum Gasteiger partial charge on any atom is -0.207 e. The molecule has 0 fully saturated rings.